The molecule has 0 aromatic carbocycles. The SMILES string of the molecule is B[C@H]1CC(OP(=O)(OC)SC[C@H]2OCCC2OC(C)C)[C@@H](COC(C)C)O1. The van der Waals surface area contributed by atoms with Crippen LogP contribution in [0, 0.1) is 0 Å². The zero-order chi connectivity index (χ0) is 20.0. The van der Waals surface area contributed by atoms with Gasteiger partial charge in [0.25, 0.3) is 0 Å². The van der Waals surface area contributed by atoms with Crippen LogP contribution in [0.2, 0.25) is 0 Å². The Labute approximate surface area is 168 Å². The monoisotopic (exact) mass is 424 g/mol. The van der Waals surface area contributed by atoms with Gasteiger partial charge in [-0.15, -0.1) is 0 Å². The summed E-state index contributed by atoms with van der Waals surface area (Å²) in [5, 5.41) is 0. The Hall–Kier alpha value is 0.405. The Morgan fingerprint density at radius 1 is 1.19 bits per heavy atom. The Bertz CT molecular complexity index is 496. The molecular formula is C17H34BO7PS. The lowest BCUT2D eigenvalue weighted by molar-refractivity contribution is -0.0426. The van der Waals surface area contributed by atoms with Gasteiger partial charge in [0.15, 0.2) is 0 Å². The largest absolute Gasteiger partial charge is 0.389 e. The first-order valence-electron chi connectivity index (χ1n) is 9.75. The van der Waals surface area contributed by atoms with Crippen molar-refractivity contribution in [2.45, 2.75) is 83.2 Å². The van der Waals surface area contributed by atoms with Gasteiger partial charge in [0.1, 0.15) is 14.0 Å². The van der Waals surface area contributed by atoms with E-state index in [1.54, 1.807) is 0 Å². The van der Waals surface area contributed by atoms with Gasteiger partial charge in [-0.1, -0.05) is 0 Å². The van der Waals surface area contributed by atoms with E-state index < -0.39 is 6.80 Å². The Balaban J connectivity index is 1.90. The van der Waals surface area contributed by atoms with Gasteiger partial charge >= 0.3 is 6.80 Å². The lowest BCUT2D eigenvalue weighted by Gasteiger charge is -2.26. The summed E-state index contributed by atoms with van der Waals surface area (Å²) in [6, 6.07) is 0.0352. The van der Waals surface area contributed by atoms with E-state index in [0.717, 1.165) is 6.42 Å². The Kier molecular flexibility index (Phi) is 9.63. The van der Waals surface area contributed by atoms with E-state index in [2.05, 4.69) is 0 Å². The zero-order valence-corrected chi connectivity index (χ0v) is 19.0. The zero-order valence-electron chi connectivity index (χ0n) is 17.3. The molecule has 0 radical (unpaired) electrons. The molecule has 0 aromatic heterocycles. The van der Waals surface area contributed by atoms with E-state index in [-0.39, 0.29) is 42.6 Å². The molecule has 7 nitrogen and oxygen atoms in total. The van der Waals surface area contributed by atoms with Gasteiger partial charge < -0.3 is 23.5 Å². The molecule has 10 heteroatoms. The predicted molar refractivity (Wildman–Crippen MR) is 109 cm³/mol. The topological polar surface area (TPSA) is 72.5 Å². The van der Waals surface area contributed by atoms with Crippen LogP contribution < -0.4 is 0 Å². The summed E-state index contributed by atoms with van der Waals surface area (Å²) in [5.74, 6) is 0.499. The molecular weight excluding hydrogens is 390 g/mol. The molecule has 0 N–H and O–H groups in total. The molecule has 2 aliphatic heterocycles. The molecule has 3 unspecified atom stereocenters. The highest BCUT2D eigenvalue weighted by molar-refractivity contribution is 8.55. The van der Waals surface area contributed by atoms with Gasteiger partial charge in [0.05, 0.1) is 37.1 Å². The summed E-state index contributed by atoms with van der Waals surface area (Å²) in [5.41, 5.74) is 0. The third kappa shape index (κ3) is 7.63. The fourth-order valence-corrected chi connectivity index (χ4v) is 6.48. The number of ether oxygens (including phenoxy) is 4. The van der Waals surface area contributed by atoms with E-state index in [1.165, 1.54) is 18.5 Å². The van der Waals surface area contributed by atoms with Gasteiger partial charge in [-0.3, -0.25) is 4.52 Å². The van der Waals surface area contributed by atoms with Crippen LogP contribution in [0.15, 0.2) is 0 Å². The molecule has 0 spiro atoms. The third-order valence-corrected chi connectivity index (χ3v) is 8.33. The minimum absolute atomic E-state index is 0.0184. The van der Waals surface area contributed by atoms with Crippen LogP contribution in [0.3, 0.4) is 0 Å². The second kappa shape index (κ2) is 11.0. The van der Waals surface area contributed by atoms with E-state index >= 15 is 0 Å². The number of rotatable bonds is 11. The van der Waals surface area contributed by atoms with Gasteiger partial charge in [-0.2, -0.15) is 0 Å². The van der Waals surface area contributed by atoms with Crippen LogP contribution in [0.4, 0.5) is 0 Å². The van der Waals surface area contributed by atoms with E-state index in [4.69, 9.17) is 28.0 Å². The smallest absolute Gasteiger partial charge is 0.379 e. The van der Waals surface area contributed by atoms with Crippen molar-refractivity contribution in [3.05, 3.63) is 0 Å². The number of hydrogen-bond acceptors (Lipinski definition) is 8. The molecule has 158 valence electrons. The summed E-state index contributed by atoms with van der Waals surface area (Å²) < 4.78 is 47.6. The van der Waals surface area contributed by atoms with Crippen molar-refractivity contribution in [3.8, 4) is 0 Å². The predicted octanol–water partition coefficient (Wildman–Crippen LogP) is 2.61. The second-order valence-electron chi connectivity index (χ2n) is 7.59. The fraction of sp³-hybridized carbons (Fsp3) is 1.00. The van der Waals surface area contributed by atoms with Gasteiger partial charge in [-0.05, 0) is 51.9 Å². The molecule has 0 aromatic rings. The van der Waals surface area contributed by atoms with Crippen LogP contribution in [0.5, 0.6) is 0 Å². The molecule has 0 amide bonds. The molecule has 0 bridgehead atoms. The van der Waals surface area contributed by atoms with Crippen molar-refractivity contribution in [3.63, 3.8) is 0 Å². The first-order valence-corrected chi connectivity index (χ1v) is 12.9. The van der Waals surface area contributed by atoms with Gasteiger partial charge in [0, 0.05) is 25.5 Å². The fourth-order valence-electron chi connectivity index (χ4n) is 3.21. The maximum Gasteiger partial charge on any atom is 0.389 e. The third-order valence-electron chi connectivity index (χ3n) is 4.46. The summed E-state index contributed by atoms with van der Waals surface area (Å²) in [6.07, 6.45) is 1.10. The van der Waals surface area contributed by atoms with Crippen molar-refractivity contribution in [2.75, 3.05) is 26.1 Å². The standard InChI is InChI=1S/C17H34BO7PS/c1-11(2)22-9-15-14(8-17(18)24-15)25-26(19,20-5)27-10-16-13(6-7-21-16)23-12(3)4/h11-17H,6-10,18H2,1-5H3/t13?,14?,15-,16-,17-,26?/m1/s1. The number of hydrogen-bond donors (Lipinski definition) is 0. The summed E-state index contributed by atoms with van der Waals surface area (Å²) in [7, 11) is 3.40. The molecule has 2 rings (SSSR count). The van der Waals surface area contributed by atoms with Crippen molar-refractivity contribution in [1.82, 2.24) is 0 Å². The van der Waals surface area contributed by atoms with Crippen molar-refractivity contribution < 1.29 is 32.6 Å². The maximum atomic E-state index is 13.1. The quantitative estimate of drug-likeness (QED) is 0.370. The van der Waals surface area contributed by atoms with E-state index in [9.17, 15) is 4.57 Å². The summed E-state index contributed by atoms with van der Waals surface area (Å²) in [6.45, 7) is 5.70. The van der Waals surface area contributed by atoms with Crippen LogP contribution in [-0.4, -0.2) is 76.5 Å². The first-order chi connectivity index (χ1) is 12.7. The molecule has 0 saturated carbocycles. The van der Waals surface area contributed by atoms with Gasteiger partial charge in [-0.25, -0.2) is 4.57 Å². The lowest BCUT2D eigenvalue weighted by Crippen LogP contribution is -2.30. The second-order valence-corrected chi connectivity index (χ2v) is 11.8. The molecule has 2 fully saturated rings. The highest BCUT2D eigenvalue weighted by Gasteiger charge is 2.41. The van der Waals surface area contributed by atoms with Gasteiger partial charge in [0.2, 0.25) is 0 Å². The molecule has 27 heavy (non-hydrogen) atoms. The van der Waals surface area contributed by atoms with E-state index in [0.29, 0.717) is 25.4 Å². The highest BCUT2D eigenvalue weighted by atomic mass is 32.7. The van der Waals surface area contributed by atoms with Crippen molar-refractivity contribution >= 4 is 26.0 Å². The minimum atomic E-state index is -3.33. The molecule has 2 heterocycles. The van der Waals surface area contributed by atoms with E-state index in [1.807, 2.05) is 35.5 Å². The first kappa shape index (κ1) is 23.7. The Morgan fingerprint density at radius 3 is 2.56 bits per heavy atom. The average molecular weight is 424 g/mol. The van der Waals surface area contributed by atoms with Crippen molar-refractivity contribution in [1.29, 1.82) is 0 Å². The summed E-state index contributed by atoms with van der Waals surface area (Å²) in [4.78, 5) is 0. The maximum absolute atomic E-state index is 13.1. The summed E-state index contributed by atoms with van der Waals surface area (Å²) >= 11 is 1.18. The average Bonchev–Trinajstić information content (AvgIpc) is 3.16. The van der Waals surface area contributed by atoms with Crippen LogP contribution >= 0.6 is 18.2 Å². The normalized spacial score (nSPS) is 33.8. The molecule has 2 aliphatic rings. The van der Waals surface area contributed by atoms with Crippen molar-refractivity contribution in [2.24, 2.45) is 0 Å². The van der Waals surface area contributed by atoms with Crippen LogP contribution in [0.25, 0.3) is 0 Å². The highest BCUT2D eigenvalue weighted by Crippen LogP contribution is 2.62. The molecule has 0 aliphatic carbocycles. The van der Waals surface area contributed by atoms with Crippen LogP contribution in [-0.2, 0) is 32.6 Å². The van der Waals surface area contributed by atoms with Crippen LogP contribution in [0.1, 0.15) is 40.5 Å². The Morgan fingerprint density at radius 2 is 1.93 bits per heavy atom. The lowest BCUT2D eigenvalue weighted by atomic mass is 9.96. The minimum Gasteiger partial charge on any atom is -0.379 e. The molecule has 2 saturated heterocycles. The molecule has 6 atom stereocenters.